The molecule has 0 atom stereocenters. The molecule has 1 rings (SSSR count). The summed E-state index contributed by atoms with van der Waals surface area (Å²) in [7, 11) is 0. The summed E-state index contributed by atoms with van der Waals surface area (Å²) in [6.07, 6.45) is 5.77. The zero-order chi connectivity index (χ0) is 18.2. The van der Waals surface area contributed by atoms with E-state index in [-0.39, 0.29) is 32.7 Å². The zero-order valence-corrected chi connectivity index (χ0v) is 17.0. The topological polar surface area (TPSA) is 105 Å². The van der Waals surface area contributed by atoms with Gasteiger partial charge in [0.2, 0.25) is 5.97 Å². The molecule has 1 radical (unpaired) electrons. The van der Waals surface area contributed by atoms with Crippen molar-refractivity contribution < 1.29 is 56.9 Å². The van der Waals surface area contributed by atoms with Crippen molar-refractivity contribution in [3.63, 3.8) is 0 Å². The van der Waals surface area contributed by atoms with Gasteiger partial charge in [-0.05, 0) is 32.9 Å². The van der Waals surface area contributed by atoms with Crippen LogP contribution in [0, 0.1) is 12.2 Å². The van der Waals surface area contributed by atoms with Crippen LogP contribution in [0.2, 0.25) is 0 Å². The molecule has 0 aliphatic heterocycles. The number of hydrogen-bond donors (Lipinski definition) is 3. The van der Waals surface area contributed by atoms with E-state index < -0.39 is 23.6 Å². The molecule has 0 saturated carbocycles. The Balaban J connectivity index is 0.00000576. The molecule has 25 heavy (non-hydrogen) atoms. The number of anilines is 2. The third-order valence-corrected chi connectivity index (χ3v) is 2.32. The number of benzene rings is 1. The molecule has 0 spiro atoms. The molecule has 0 aliphatic rings. The van der Waals surface area contributed by atoms with Crippen molar-refractivity contribution in [3.05, 3.63) is 48.6 Å². The summed E-state index contributed by atoms with van der Waals surface area (Å²) in [6, 6.07) is 6.55. The molecule has 0 saturated heterocycles. The van der Waals surface area contributed by atoms with Gasteiger partial charge in [-0.15, -0.1) is 0 Å². The third-order valence-electron chi connectivity index (χ3n) is 2.32. The summed E-state index contributed by atoms with van der Waals surface area (Å²) in [6.45, 7) is 5.21. The Morgan fingerprint density at radius 3 is 2.08 bits per heavy atom. The first-order chi connectivity index (χ1) is 11.2. The quantitative estimate of drug-likeness (QED) is 0.387. The van der Waals surface area contributed by atoms with Crippen molar-refractivity contribution >= 4 is 29.3 Å². The number of allylic oxidation sites excluding steroid dienone is 2. The Bertz CT molecular complexity index is 678. The van der Waals surface area contributed by atoms with Crippen molar-refractivity contribution in [2.45, 2.75) is 26.4 Å². The summed E-state index contributed by atoms with van der Waals surface area (Å²) < 4.78 is 5.15. The number of rotatable bonds is 5. The molecule has 0 heterocycles. The summed E-state index contributed by atoms with van der Waals surface area (Å²) in [5, 5.41) is 13.4. The van der Waals surface area contributed by atoms with E-state index in [0.717, 1.165) is 12.2 Å². The number of carbonyl (C=O) groups is 3. The first kappa shape index (κ1) is 23.0. The van der Waals surface area contributed by atoms with Crippen LogP contribution in [0.25, 0.3) is 0 Å². The first-order valence-electron chi connectivity index (χ1n) is 6.98. The number of carbonyl (C=O) groups excluding carboxylic acids is 2. The van der Waals surface area contributed by atoms with Crippen LogP contribution < -0.4 is 10.6 Å². The minimum atomic E-state index is -1.25. The molecule has 0 fully saturated rings. The first-order valence-corrected chi connectivity index (χ1v) is 6.98. The largest absolute Gasteiger partial charge is 0.493 e. The molecule has 7 nitrogen and oxygen atoms in total. The van der Waals surface area contributed by atoms with Gasteiger partial charge in [0.15, 0.2) is 0 Å². The van der Waals surface area contributed by atoms with Crippen LogP contribution in [0.15, 0.2) is 36.4 Å². The minimum absolute atomic E-state index is 0. The van der Waals surface area contributed by atoms with Crippen LogP contribution in [0.5, 0.6) is 0 Å². The number of amides is 2. The fraction of sp³-hybridized carbons (Fsp3) is 0.235. The van der Waals surface area contributed by atoms with Crippen molar-refractivity contribution in [2.75, 3.05) is 10.6 Å². The Morgan fingerprint density at radius 2 is 1.56 bits per heavy atom. The average Bonchev–Trinajstić information content (AvgIpc) is 2.43. The molecule has 1 aromatic rings. The van der Waals surface area contributed by atoms with E-state index in [1.165, 1.54) is 0 Å². The van der Waals surface area contributed by atoms with Gasteiger partial charge in [0.1, 0.15) is 11.5 Å². The van der Waals surface area contributed by atoms with Gasteiger partial charge in [-0.3, -0.25) is 27.1 Å². The van der Waals surface area contributed by atoms with E-state index in [1.807, 2.05) is 6.08 Å². The van der Waals surface area contributed by atoms with E-state index in [0.29, 0.717) is 11.4 Å². The van der Waals surface area contributed by atoms with Crippen LogP contribution in [-0.4, -0.2) is 28.7 Å². The minimum Gasteiger partial charge on any atom is -0.493 e. The Morgan fingerprint density at radius 1 is 1.04 bits per heavy atom. The molecular weight excluding hydrogens is 401 g/mol. The number of para-hydroxylation sites is 2. The van der Waals surface area contributed by atoms with Gasteiger partial charge in [-0.25, -0.2) is 4.79 Å². The Labute approximate surface area is 171 Å². The molecule has 131 valence electrons. The van der Waals surface area contributed by atoms with E-state index in [9.17, 15) is 14.4 Å². The Hall–Kier alpha value is -1.99. The predicted octanol–water partition coefficient (Wildman–Crippen LogP) is 2.77. The molecule has 1 aromatic carbocycles. The van der Waals surface area contributed by atoms with Crippen molar-refractivity contribution in [3.8, 4) is 0 Å². The molecule has 0 unspecified atom stereocenters. The third kappa shape index (κ3) is 10.5. The van der Waals surface area contributed by atoms with Gasteiger partial charge >= 0.3 is 6.09 Å². The molecule has 0 aliphatic carbocycles. The van der Waals surface area contributed by atoms with Crippen LogP contribution in [0.3, 0.4) is 0 Å². The second-order valence-electron chi connectivity index (χ2n) is 5.55. The molecule has 3 N–H and O–H groups in total. The molecule has 8 heteroatoms. The zero-order valence-electron chi connectivity index (χ0n) is 14.1. The molecule has 2 amide bonds. The van der Waals surface area contributed by atoms with Gasteiger partial charge in [0.25, 0.3) is 0 Å². The standard InChI is InChI=1S/C17H18N2O5.Y/c1-17(2,3)24-16(23)19-13-9-5-4-8-12(13)18-14(20)10-6-7-11-15(21)22;/h4-9H,1-3H3,(H,18,20)(H,19,23)(H,21,22);/q-2;. The second-order valence-corrected chi connectivity index (χ2v) is 5.55. The average molecular weight is 419 g/mol. The molecule has 0 bridgehead atoms. The van der Waals surface area contributed by atoms with Gasteiger partial charge in [-0.1, -0.05) is 12.1 Å². The van der Waals surface area contributed by atoms with Crippen LogP contribution in [-0.2, 0) is 47.0 Å². The van der Waals surface area contributed by atoms with Crippen LogP contribution >= 0.6 is 0 Å². The predicted molar refractivity (Wildman–Crippen MR) is 88.2 cm³/mol. The normalized spacial score (nSPS) is 11.0. The number of carboxylic acid groups (broad SMARTS) is 1. The molecular formula is C17H18N2O5Y-2. The summed E-state index contributed by atoms with van der Waals surface area (Å²) in [4.78, 5) is 33.8. The summed E-state index contributed by atoms with van der Waals surface area (Å²) in [5.74, 6) is -1.86. The number of nitrogens with one attached hydrogen (secondary N) is 2. The van der Waals surface area contributed by atoms with E-state index in [4.69, 9.17) is 9.84 Å². The summed E-state index contributed by atoms with van der Waals surface area (Å²) >= 11 is 0. The number of aliphatic carboxylic acids is 1. The van der Waals surface area contributed by atoms with Gasteiger partial charge in [0, 0.05) is 32.7 Å². The maximum absolute atomic E-state index is 11.8. The number of carboxylic acids is 1. The van der Waals surface area contributed by atoms with E-state index in [1.54, 1.807) is 45.0 Å². The van der Waals surface area contributed by atoms with E-state index in [2.05, 4.69) is 16.7 Å². The SMILES string of the molecule is CC(C)(C)OC(=O)Nc1ccccc1NC(=O)[C-]=CC=[C-]C(=O)O.[Y]. The maximum Gasteiger partial charge on any atom is 0.412 e. The summed E-state index contributed by atoms with van der Waals surface area (Å²) in [5.41, 5.74) is 0.0566. The van der Waals surface area contributed by atoms with Crippen molar-refractivity contribution in [1.29, 1.82) is 0 Å². The van der Waals surface area contributed by atoms with Crippen LogP contribution in [0.4, 0.5) is 16.2 Å². The monoisotopic (exact) mass is 419 g/mol. The van der Waals surface area contributed by atoms with Gasteiger partial charge < -0.3 is 27.3 Å². The fourth-order valence-corrected chi connectivity index (χ4v) is 1.50. The van der Waals surface area contributed by atoms with E-state index >= 15 is 0 Å². The maximum atomic E-state index is 11.8. The van der Waals surface area contributed by atoms with Gasteiger partial charge in [0.05, 0.1) is 11.4 Å². The number of ether oxygens (including phenoxy) is 1. The second kappa shape index (κ2) is 10.8. The van der Waals surface area contributed by atoms with Crippen molar-refractivity contribution in [2.24, 2.45) is 0 Å². The van der Waals surface area contributed by atoms with Gasteiger partial charge in [-0.2, -0.15) is 0 Å². The molecule has 0 aromatic heterocycles. The number of hydrogen-bond acceptors (Lipinski definition) is 4. The van der Waals surface area contributed by atoms with Crippen LogP contribution in [0.1, 0.15) is 20.8 Å². The Kier molecular flexibility index (Phi) is 9.93. The smallest absolute Gasteiger partial charge is 0.412 e. The fourth-order valence-electron chi connectivity index (χ4n) is 1.50. The van der Waals surface area contributed by atoms with Crippen molar-refractivity contribution in [1.82, 2.24) is 0 Å².